The van der Waals surface area contributed by atoms with Crippen LogP contribution in [0.2, 0.25) is 0 Å². The summed E-state index contributed by atoms with van der Waals surface area (Å²) in [4.78, 5) is 13.6. The molecule has 2 N–H and O–H groups in total. The van der Waals surface area contributed by atoms with Crippen LogP contribution in [0.1, 0.15) is 35.9 Å². The normalized spacial score (nSPS) is 20.1. The number of fused-ring (bicyclic) bond motifs is 2. The number of hydrogen-bond acceptors (Lipinski definition) is 3. The van der Waals surface area contributed by atoms with E-state index in [1.807, 2.05) is 18.2 Å². The number of benzene rings is 4. The Morgan fingerprint density at radius 1 is 0.656 bits per heavy atom. The molecule has 1 heterocycles. The topological polar surface area (TPSA) is 41.1 Å². The van der Waals surface area contributed by atoms with Gasteiger partial charge in [0.15, 0.2) is 5.78 Å². The van der Waals surface area contributed by atoms with Gasteiger partial charge in [0.2, 0.25) is 0 Å². The molecule has 4 aromatic carbocycles. The lowest BCUT2D eigenvalue weighted by atomic mass is 9.78. The van der Waals surface area contributed by atoms with E-state index in [2.05, 4.69) is 89.5 Å². The van der Waals surface area contributed by atoms with Crippen LogP contribution in [0.4, 0.5) is 11.4 Å². The van der Waals surface area contributed by atoms with Crippen molar-refractivity contribution in [3.8, 4) is 0 Å². The van der Waals surface area contributed by atoms with E-state index in [4.69, 9.17) is 0 Å². The summed E-state index contributed by atoms with van der Waals surface area (Å²) in [6, 6.07) is 33.3. The van der Waals surface area contributed by atoms with E-state index in [1.54, 1.807) is 0 Å². The molecule has 0 saturated carbocycles. The highest BCUT2D eigenvalue weighted by atomic mass is 16.1. The fourth-order valence-electron chi connectivity index (χ4n) is 5.09. The number of carbonyl (C=O) groups excluding carboxylic acids is 1. The van der Waals surface area contributed by atoms with E-state index in [1.165, 1.54) is 16.3 Å². The zero-order valence-corrected chi connectivity index (χ0v) is 17.7. The fourth-order valence-corrected chi connectivity index (χ4v) is 5.09. The first kappa shape index (κ1) is 18.9. The van der Waals surface area contributed by atoms with Crippen molar-refractivity contribution in [2.45, 2.75) is 24.8 Å². The van der Waals surface area contributed by atoms with Crippen molar-refractivity contribution in [1.29, 1.82) is 0 Å². The quantitative estimate of drug-likeness (QED) is 0.377. The van der Waals surface area contributed by atoms with Gasteiger partial charge >= 0.3 is 0 Å². The second kappa shape index (κ2) is 7.69. The maximum Gasteiger partial charge on any atom is 0.163 e. The van der Waals surface area contributed by atoms with Crippen LogP contribution < -0.4 is 10.6 Å². The summed E-state index contributed by atoms with van der Waals surface area (Å²) in [6.07, 6.45) is 1.36. The Bertz CT molecular complexity index is 1360. The Balaban J connectivity index is 1.49. The van der Waals surface area contributed by atoms with Crippen LogP contribution in [0, 0.1) is 0 Å². The number of anilines is 2. The first-order chi connectivity index (χ1) is 15.8. The molecule has 0 radical (unpaired) electrons. The maximum atomic E-state index is 13.6. The smallest absolute Gasteiger partial charge is 0.163 e. The minimum Gasteiger partial charge on any atom is -0.372 e. The van der Waals surface area contributed by atoms with E-state index in [-0.39, 0.29) is 17.7 Å². The summed E-state index contributed by atoms with van der Waals surface area (Å²) < 4.78 is 0. The average Bonchev–Trinajstić information content (AvgIpc) is 3.01. The van der Waals surface area contributed by atoms with Crippen LogP contribution in [-0.4, -0.2) is 5.78 Å². The first-order valence-electron chi connectivity index (χ1n) is 11.2. The van der Waals surface area contributed by atoms with Gasteiger partial charge in [-0.3, -0.25) is 4.79 Å². The lowest BCUT2D eigenvalue weighted by Crippen LogP contribution is -2.26. The maximum absolute atomic E-state index is 13.6. The number of carbonyl (C=O) groups is 1. The molecule has 6 rings (SSSR count). The molecule has 4 aromatic rings. The van der Waals surface area contributed by atoms with Gasteiger partial charge in [0.05, 0.1) is 17.4 Å². The molecule has 3 nitrogen and oxygen atoms in total. The minimum atomic E-state index is -0.185. The van der Waals surface area contributed by atoms with Gasteiger partial charge in [-0.1, -0.05) is 78.9 Å². The van der Waals surface area contributed by atoms with Crippen molar-refractivity contribution >= 4 is 27.9 Å². The van der Waals surface area contributed by atoms with Gasteiger partial charge in [0.1, 0.15) is 0 Å². The van der Waals surface area contributed by atoms with Crippen LogP contribution in [0.15, 0.2) is 108 Å². The number of para-hydroxylation sites is 2. The highest BCUT2D eigenvalue weighted by Gasteiger charge is 2.36. The summed E-state index contributed by atoms with van der Waals surface area (Å²) in [7, 11) is 0. The average molecular weight is 417 g/mol. The van der Waals surface area contributed by atoms with Gasteiger partial charge in [0.25, 0.3) is 0 Å². The number of ketones is 1. The van der Waals surface area contributed by atoms with Crippen molar-refractivity contribution < 1.29 is 4.79 Å². The largest absolute Gasteiger partial charge is 0.372 e. The molecular formula is C29H24N2O. The van der Waals surface area contributed by atoms with Crippen LogP contribution in [-0.2, 0) is 4.79 Å². The molecule has 0 amide bonds. The van der Waals surface area contributed by atoms with Crippen molar-refractivity contribution in [3.63, 3.8) is 0 Å². The molecule has 1 aliphatic heterocycles. The monoisotopic (exact) mass is 416 g/mol. The highest BCUT2D eigenvalue weighted by Crippen LogP contribution is 2.44. The number of rotatable bonds is 2. The predicted molar refractivity (Wildman–Crippen MR) is 131 cm³/mol. The molecule has 2 atom stereocenters. The molecule has 0 bridgehead atoms. The second-order valence-corrected chi connectivity index (χ2v) is 8.69. The molecule has 2 aliphatic rings. The molecule has 156 valence electrons. The lowest BCUT2D eigenvalue weighted by molar-refractivity contribution is -0.116. The fraction of sp³-hybridized carbons (Fsp3) is 0.138. The molecule has 32 heavy (non-hydrogen) atoms. The van der Waals surface area contributed by atoms with Crippen molar-refractivity contribution in [3.05, 3.63) is 119 Å². The summed E-state index contributed by atoms with van der Waals surface area (Å²) in [5, 5.41) is 9.70. The molecule has 0 saturated heterocycles. The number of allylic oxidation sites excluding steroid dienone is 1. The van der Waals surface area contributed by atoms with Crippen molar-refractivity contribution in [1.82, 2.24) is 0 Å². The van der Waals surface area contributed by atoms with Crippen LogP contribution >= 0.6 is 0 Å². The van der Waals surface area contributed by atoms with E-state index < -0.39 is 0 Å². The van der Waals surface area contributed by atoms with Crippen LogP contribution in [0.5, 0.6) is 0 Å². The van der Waals surface area contributed by atoms with Gasteiger partial charge in [-0.2, -0.15) is 0 Å². The van der Waals surface area contributed by atoms with E-state index >= 15 is 0 Å². The summed E-state index contributed by atoms with van der Waals surface area (Å²) in [6.45, 7) is 0. The Hall–Kier alpha value is -3.85. The van der Waals surface area contributed by atoms with Crippen LogP contribution in [0.3, 0.4) is 0 Å². The molecule has 0 spiro atoms. The molecular weight excluding hydrogens is 392 g/mol. The summed E-state index contributed by atoms with van der Waals surface area (Å²) >= 11 is 0. The molecule has 3 heteroatoms. The SMILES string of the molecule is O=C1C[C@H](c2ccccc2)CC2=C1[C@@H](c1ccc3ccccc3c1)Nc1ccccc1N2. The third-order valence-electron chi connectivity index (χ3n) is 6.69. The van der Waals surface area contributed by atoms with Gasteiger partial charge in [-0.05, 0) is 52.4 Å². The zero-order valence-electron chi connectivity index (χ0n) is 17.7. The highest BCUT2D eigenvalue weighted by molar-refractivity contribution is 6.01. The van der Waals surface area contributed by atoms with Gasteiger partial charge < -0.3 is 10.6 Å². The van der Waals surface area contributed by atoms with Gasteiger partial charge in [0, 0.05) is 17.7 Å². The predicted octanol–water partition coefficient (Wildman–Crippen LogP) is 6.82. The van der Waals surface area contributed by atoms with Crippen molar-refractivity contribution in [2.75, 3.05) is 10.6 Å². The standard InChI is InChI=1S/C29H24N2O/c32-27-18-23(19-8-2-1-3-9-19)17-26-28(27)29(31-25-13-7-6-12-24(25)30-26)22-15-14-20-10-4-5-11-21(20)16-22/h1-16,23,29-31H,17-18H2/t23-,29-/m1/s1. The Morgan fingerprint density at radius 3 is 2.22 bits per heavy atom. The molecule has 0 unspecified atom stereocenters. The summed E-state index contributed by atoms with van der Waals surface area (Å²) in [5.41, 5.74) is 6.27. The van der Waals surface area contributed by atoms with Crippen molar-refractivity contribution in [2.24, 2.45) is 0 Å². The Labute approximate surface area is 187 Å². The van der Waals surface area contributed by atoms with E-state index in [9.17, 15) is 4.79 Å². The van der Waals surface area contributed by atoms with Gasteiger partial charge in [-0.25, -0.2) is 0 Å². The lowest BCUT2D eigenvalue weighted by Gasteiger charge is -2.30. The Morgan fingerprint density at radius 2 is 1.38 bits per heavy atom. The van der Waals surface area contributed by atoms with E-state index in [0.717, 1.165) is 34.6 Å². The third kappa shape index (κ3) is 3.27. The number of hydrogen-bond donors (Lipinski definition) is 2. The minimum absolute atomic E-state index is 0.185. The first-order valence-corrected chi connectivity index (χ1v) is 11.2. The van der Waals surface area contributed by atoms with Gasteiger partial charge in [-0.15, -0.1) is 0 Å². The number of nitrogens with one attached hydrogen (secondary N) is 2. The molecule has 0 aromatic heterocycles. The van der Waals surface area contributed by atoms with E-state index in [0.29, 0.717) is 6.42 Å². The molecule has 0 fully saturated rings. The zero-order chi connectivity index (χ0) is 21.5. The number of Topliss-reactive ketones (excluding diaryl/α,β-unsaturated/α-hetero) is 1. The second-order valence-electron chi connectivity index (χ2n) is 8.69. The molecule has 1 aliphatic carbocycles. The van der Waals surface area contributed by atoms with Crippen LogP contribution in [0.25, 0.3) is 10.8 Å². The Kier molecular flexibility index (Phi) is 4.53. The summed E-state index contributed by atoms with van der Waals surface area (Å²) in [5.74, 6) is 0.406. The third-order valence-corrected chi connectivity index (χ3v) is 6.69.